The molecule has 0 unspecified atom stereocenters. The molecule has 0 fully saturated rings. The first kappa shape index (κ1) is 32.9. The van der Waals surface area contributed by atoms with Crippen molar-refractivity contribution in [2.45, 2.75) is 180 Å². The van der Waals surface area contributed by atoms with Gasteiger partial charge in [0, 0.05) is 0 Å². The third-order valence-electron chi connectivity index (χ3n) is 7.01. The summed E-state index contributed by atoms with van der Waals surface area (Å²) in [5.41, 5.74) is 0. The van der Waals surface area contributed by atoms with Gasteiger partial charge >= 0.3 is 0 Å². The van der Waals surface area contributed by atoms with Crippen molar-refractivity contribution in [1.29, 1.82) is 0 Å². The molecule has 0 aromatic rings. The van der Waals surface area contributed by atoms with Crippen molar-refractivity contribution in [1.82, 2.24) is 0 Å². The van der Waals surface area contributed by atoms with Gasteiger partial charge in [0.25, 0.3) is 10.1 Å². The Morgan fingerprint density at radius 2 is 0.545 bits per heavy atom. The maximum Gasteiger partial charge on any atom is 0.264 e. The van der Waals surface area contributed by atoms with E-state index in [4.69, 9.17) is 4.55 Å². The monoisotopic (exact) mass is 488 g/mol. The Morgan fingerprint density at radius 1 is 0.364 bits per heavy atom. The number of rotatable bonds is 28. The van der Waals surface area contributed by atoms with Crippen LogP contribution in [-0.4, -0.2) is 18.7 Å². The van der Waals surface area contributed by atoms with Gasteiger partial charge in [-0.1, -0.05) is 174 Å². The minimum absolute atomic E-state index is 0.0770. The molecule has 0 aromatic heterocycles. The third-order valence-corrected chi connectivity index (χ3v) is 7.81. The number of hydrogen-bond donors (Lipinski definition) is 1. The van der Waals surface area contributed by atoms with Gasteiger partial charge in [0.15, 0.2) is 0 Å². The molecule has 1 N–H and O–H groups in total. The molecule has 0 radical (unpaired) electrons. The summed E-state index contributed by atoms with van der Waals surface area (Å²) in [5.74, 6) is -0.0770. The van der Waals surface area contributed by atoms with E-state index in [0.717, 1.165) is 12.8 Å². The number of hydrogen-bond acceptors (Lipinski definition) is 2. The summed E-state index contributed by atoms with van der Waals surface area (Å²) in [7, 11) is -3.75. The molecule has 0 aliphatic rings. The van der Waals surface area contributed by atoms with Crippen LogP contribution in [0, 0.1) is 0 Å². The zero-order chi connectivity index (χ0) is 24.3. The van der Waals surface area contributed by atoms with Crippen molar-refractivity contribution in [3.63, 3.8) is 0 Å². The van der Waals surface area contributed by atoms with Crippen LogP contribution in [0.15, 0.2) is 0 Å². The molecule has 0 rings (SSSR count). The topological polar surface area (TPSA) is 54.4 Å². The normalized spacial score (nSPS) is 11.9. The Kier molecular flexibility index (Phi) is 26.4. The van der Waals surface area contributed by atoms with Crippen molar-refractivity contribution in [2.75, 3.05) is 5.75 Å². The van der Waals surface area contributed by atoms with Crippen LogP contribution < -0.4 is 0 Å². The number of unbranched alkanes of at least 4 members (excludes halogenated alkanes) is 26. The summed E-state index contributed by atoms with van der Waals surface area (Å²) < 4.78 is 29.9. The molecule has 4 heteroatoms. The van der Waals surface area contributed by atoms with E-state index < -0.39 is 10.1 Å². The zero-order valence-electron chi connectivity index (χ0n) is 22.5. The lowest BCUT2D eigenvalue weighted by Gasteiger charge is -2.04. The van der Waals surface area contributed by atoms with E-state index in [9.17, 15) is 8.42 Å². The smallest absolute Gasteiger partial charge is 0.264 e. The molecule has 200 valence electrons. The van der Waals surface area contributed by atoms with Crippen LogP contribution in [0.3, 0.4) is 0 Å². The Balaban J connectivity index is 3.04. The van der Waals surface area contributed by atoms with Crippen molar-refractivity contribution in [3.05, 3.63) is 0 Å². The fourth-order valence-electron chi connectivity index (χ4n) is 4.78. The van der Waals surface area contributed by atoms with Crippen molar-refractivity contribution >= 4 is 10.1 Å². The van der Waals surface area contributed by atoms with E-state index in [-0.39, 0.29) is 5.75 Å². The molecule has 0 aromatic carbocycles. The summed E-state index contributed by atoms with van der Waals surface area (Å²) in [6, 6.07) is 0. The Labute approximate surface area is 209 Å². The Bertz CT molecular complexity index is 461. The molecule has 0 aliphatic carbocycles. The molecule has 0 spiro atoms. The average molecular weight is 489 g/mol. The maximum atomic E-state index is 10.6. The lowest BCUT2D eigenvalue weighted by molar-refractivity contribution is 0.478. The predicted octanol–water partition coefficient (Wildman–Crippen LogP) is 10.4. The molecule has 0 atom stereocenters. The second kappa shape index (κ2) is 26.5. The van der Waals surface area contributed by atoms with Crippen LogP contribution in [0.1, 0.15) is 180 Å². The summed E-state index contributed by atoms with van der Waals surface area (Å²) in [5, 5.41) is 0. The Morgan fingerprint density at radius 3 is 0.727 bits per heavy atom. The van der Waals surface area contributed by atoms with Crippen molar-refractivity contribution in [2.24, 2.45) is 0 Å². The molecule has 33 heavy (non-hydrogen) atoms. The molecule has 0 aliphatic heterocycles. The molecule has 0 amide bonds. The van der Waals surface area contributed by atoms with Crippen LogP contribution in [0.2, 0.25) is 0 Å². The highest BCUT2D eigenvalue weighted by Gasteiger charge is 2.02. The van der Waals surface area contributed by atoms with Gasteiger partial charge in [-0.2, -0.15) is 8.42 Å². The fourth-order valence-corrected chi connectivity index (χ4v) is 5.35. The van der Waals surface area contributed by atoms with Crippen LogP contribution in [0.5, 0.6) is 0 Å². The molecular weight excluding hydrogens is 428 g/mol. The highest BCUT2D eigenvalue weighted by atomic mass is 32.2. The van der Waals surface area contributed by atoms with E-state index >= 15 is 0 Å². The highest BCUT2D eigenvalue weighted by Crippen LogP contribution is 2.16. The predicted molar refractivity (Wildman–Crippen MR) is 147 cm³/mol. The lowest BCUT2D eigenvalue weighted by Crippen LogP contribution is -2.03. The van der Waals surface area contributed by atoms with Gasteiger partial charge in [-0.25, -0.2) is 0 Å². The molecular formula is C29H60O3S. The summed E-state index contributed by atoms with van der Waals surface area (Å²) >= 11 is 0. The van der Waals surface area contributed by atoms with Gasteiger partial charge in [-0.15, -0.1) is 0 Å². The van der Waals surface area contributed by atoms with Gasteiger partial charge in [-0.3, -0.25) is 4.55 Å². The maximum absolute atomic E-state index is 10.6. The molecule has 0 saturated carbocycles. The molecule has 0 saturated heterocycles. The third kappa shape index (κ3) is 31.9. The van der Waals surface area contributed by atoms with E-state index in [0.29, 0.717) is 6.42 Å². The summed E-state index contributed by atoms with van der Waals surface area (Å²) in [4.78, 5) is 0. The fraction of sp³-hybridized carbons (Fsp3) is 1.00. The Hall–Kier alpha value is -0.0900. The first-order valence-electron chi connectivity index (χ1n) is 15.0. The summed E-state index contributed by atoms with van der Waals surface area (Å²) in [6.07, 6.45) is 36.5. The molecule has 3 nitrogen and oxygen atoms in total. The first-order valence-corrected chi connectivity index (χ1v) is 16.6. The van der Waals surface area contributed by atoms with Crippen LogP contribution in [0.4, 0.5) is 0 Å². The van der Waals surface area contributed by atoms with Crippen molar-refractivity contribution in [3.8, 4) is 0 Å². The van der Waals surface area contributed by atoms with Gasteiger partial charge in [0.1, 0.15) is 0 Å². The van der Waals surface area contributed by atoms with Crippen LogP contribution in [-0.2, 0) is 10.1 Å². The van der Waals surface area contributed by atoms with E-state index in [1.54, 1.807) is 0 Å². The van der Waals surface area contributed by atoms with Crippen LogP contribution in [0.25, 0.3) is 0 Å². The second-order valence-electron chi connectivity index (χ2n) is 10.5. The first-order chi connectivity index (χ1) is 16.1. The van der Waals surface area contributed by atoms with Gasteiger partial charge in [0.2, 0.25) is 0 Å². The quantitative estimate of drug-likeness (QED) is 0.0879. The van der Waals surface area contributed by atoms with Gasteiger partial charge < -0.3 is 0 Å². The average Bonchev–Trinajstić information content (AvgIpc) is 2.78. The van der Waals surface area contributed by atoms with Crippen molar-refractivity contribution < 1.29 is 13.0 Å². The highest BCUT2D eigenvalue weighted by molar-refractivity contribution is 7.85. The standard InChI is InChI=1S/C29H60O3S/c1-2-3-4-5-6-7-8-9-10-11-12-13-14-15-16-17-18-19-20-21-22-23-24-25-26-27-28-29-33(30,31)32/h2-29H2,1H3,(H,30,31,32). The minimum Gasteiger partial charge on any atom is -0.286 e. The van der Waals surface area contributed by atoms with E-state index in [2.05, 4.69) is 6.92 Å². The van der Waals surface area contributed by atoms with E-state index in [1.807, 2.05) is 0 Å². The summed E-state index contributed by atoms with van der Waals surface area (Å²) in [6.45, 7) is 2.29. The largest absolute Gasteiger partial charge is 0.286 e. The van der Waals surface area contributed by atoms with Gasteiger partial charge in [0.05, 0.1) is 5.75 Å². The molecule has 0 bridgehead atoms. The second-order valence-corrected chi connectivity index (χ2v) is 12.1. The molecule has 0 heterocycles. The lowest BCUT2D eigenvalue weighted by atomic mass is 10.0. The van der Waals surface area contributed by atoms with Gasteiger partial charge in [-0.05, 0) is 6.42 Å². The van der Waals surface area contributed by atoms with E-state index in [1.165, 1.54) is 154 Å². The van der Waals surface area contributed by atoms with Crippen LogP contribution >= 0.6 is 0 Å². The minimum atomic E-state index is -3.75. The SMILES string of the molecule is CCCCCCCCCCCCCCCCCCCCCCCCCCCCCS(=O)(=O)O. The zero-order valence-corrected chi connectivity index (χ0v) is 23.3.